The van der Waals surface area contributed by atoms with Gasteiger partial charge < -0.3 is 18.6 Å². The SMILES string of the molecule is Cc1noc(C)c1-c1cc2ccc(=O)n(Cc3ccccn3)c2cc1OCCN1CCOCC1. The molecule has 1 aliphatic rings. The summed E-state index contributed by atoms with van der Waals surface area (Å²) in [6.07, 6.45) is 1.74. The molecule has 0 spiro atoms. The van der Waals surface area contributed by atoms with Crippen molar-refractivity contribution in [3.63, 3.8) is 0 Å². The lowest BCUT2D eigenvalue weighted by atomic mass is 10.0. The lowest BCUT2D eigenvalue weighted by Gasteiger charge is -2.26. The molecule has 4 heterocycles. The monoisotopic (exact) mass is 460 g/mol. The summed E-state index contributed by atoms with van der Waals surface area (Å²) in [6, 6.07) is 13.2. The van der Waals surface area contributed by atoms with Crippen molar-refractivity contribution in [3.8, 4) is 16.9 Å². The van der Waals surface area contributed by atoms with Crippen LogP contribution >= 0.6 is 0 Å². The van der Waals surface area contributed by atoms with Gasteiger partial charge in [0.05, 0.1) is 42.2 Å². The van der Waals surface area contributed by atoms with Crippen LogP contribution in [0.5, 0.6) is 5.75 Å². The third-order valence-corrected chi connectivity index (χ3v) is 6.21. The number of aromatic nitrogens is 3. The molecular formula is C26H28N4O4. The van der Waals surface area contributed by atoms with Gasteiger partial charge in [-0.25, -0.2) is 0 Å². The van der Waals surface area contributed by atoms with Crippen molar-refractivity contribution in [1.82, 2.24) is 19.6 Å². The Kier molecular flexibility index (Phi) is 6.42. The summed E-state index contributed by atoms with van der Waals surface area (Å²) in [5, 5.41) is 5.07. The number of hydrogen-bond acceptors (Lipinski definition) is 7. The molecule has 8 nitrogen and oxygen atoms in total. The molecule has 0 amide bonds. The van der Waals surface area contributed by atoms with Crippen LogP contribution in [0.4, 0.5) is 0 Å². The van der Waals surface area contributed by atoms with Gasteiger partial charge in [0.1, 0.15) is 18.1 Å². The fourth-order valence-electron chi connectivity index (χ4n) is 4.43. The van der Waals surface area contributed by atoms with Crippen LogP contribution in [-0.2, 0) is 11.3 Å². The Hall–Kier alpha value is -3.49. The average Bonchev–Trinajstić information content (AvgIpc) is 3.19. The minimum absolute atomic E-state index is 0.0810. The fourth-order valence-corrected chi connectivity index (χ4v) is 4.43. The van der Waals surface area contributed by atoms with E-state index in [9.17, 15) is 4.79 Å². The van der Waals surface area contributed by atoms with Crippen LogP contribution in [0.3, 0.4) is 0 Å². The molecule has 0 radical (unpaired) electrons. The number of hydrogen-bond donors (Lipinski definition) is 0. The first-order valence-corrected chi connectivity index (χ1v) is 11.5. The van der Waals surface area contributed by atoms with Gasteiger partial charge in [-0.1, -0.05) is 11.2 Å². The summed E-state index contributed by atoms with van der Waals surface area (Å²) < 4.78 is 19.0. The second-order valence-corrected chi connectivity index (χ2v) is 8.49. The van der Waals surface area contributed by atoms with Crippen molar-refractivity contribution >= 4 is 10.9 Å². The highest BCUT2D eigenvalue weighted by Crippen LogP contribution is 2.37. The number of pyridine rings is 2. The van der Waals surface area contributed by atoms with E-state index in [0.29, 0.717) is 18.9 Å². The Labute approximate surface area is 197 Å². The van der Waals surface area contributed by atoms with E-state index in [1.165, 1.54) is 0 Å². The number of nitrogens with zero attached hydrogens (tertiary/aromatic N) is 4. The van der Waals surface area contributed by atoms with Crippen molar-refractivity contribution in [2.45, 2.75) is 20.4 Å². The maximum atomic E-state index is 12.8. The van der Waals surface area contributed by atoms with Crippen molar-refractivity contribution in [1.29, 1.82) is 0 Å². The Morgan fingerprint density at radius 2 is 1.94 bits per heavy atom. The predicted octanol–water partition coefficient (Wildman–Crippen LogP) is 3.43. The Morgan fingerprint density at radius 1 is 1.09 bits per heavy atom. The molecule has 0 saturated carbocycles. The van der Waals surface area contributed by atoms with E-state index in [4.69, 9.17) is 14.0 Å². The summed E-state index contributed by atoms with van der Waals surface area (Å²) >= 11 is 0. The van der Waals surface area contributed by atoms with Gasteiger partial charge >= 0.3 is 0 Å². The number of benzene rings is 1. The molecule has 4 aromatic rings. The largest absolute Gasteiger partial charge is 0.492 e. The number of aryl methyl sites for hydroxylation is 2. The highest BCUT2D eigenvalue weighted by molar-refractivity contribution is 5.89. The molecule has 3 aromatic heterocycles. The highest BCUT2D eigenvalue weighted by Gasteiger charge is 2.19. The zero-order valence-electron chi connectivity index (χ0n) is 19.5. The normalized spacial score (nSPS) is 14.5. The van der Waals surface area contributed by atoms with Crippen LogP contribution in [0.15, 0.2) is 58.0 Å². The Balaban J connectivity index is 1.56. The van der Waals surface area contributed by atoms with E-state index in [1.54, 1.807) is 16.8 Å². The minimum Gasteiger partial charge on any atom is -0.492 e. The summed E-state index contributed by atoms with van der Waals surface area (Å²) in [5.74, 6) is 1.44. The van der Waals surface area contributed by atoms with E-state index in [1.807, 2.05) is 44.2 Å². The van der Waals surface area contributed by atoms with Crippen LogP contribution < -0.4 is 10.3 Å². The van der Waals surface area contributed by atoms with Gasteiger partial charge in [-0.3, -0.25) is 14.7 Å². The van der Waals surface area contributed by atoms with Crippen molar-refractivity contribution in [3.05, 3.63) is 76.2 Å². The summed E-state index contributed by atoms with van der Waals surface area (Å²) in [6.45, 7) is 8.85. The van der Waals surface area contributed by atoms with Gasteiger partial charge in [0.15, 0.2) is 0 Å². The second-order valence-electron chi connectivity index (χ2n) is 8.49. The van der Waals surface area contributed by atoms with E-state index >= 15 is 0 Å². The maximum Gasteiger partial charge on any atom is 0.251 e. The lowest BCUT2D eigenvalue weighted by molar-refractivity contribution is 0.0323. The smallest absolute Gasteiger partial charge is 0.251 e. The molecule has 34 heavy (non-hydrogen) atoms. The summed E-state index contributed by atoms with van der Waals surface area (Å²) in [7, 11) is 0. The number of ether oxygens (including phenoxy) is 2. The second kappa shape index (κ2) is 9.79. The lowest BCUT2D eigenvalue weighted by Crippen LogP contribution is -2.38. The molecule has 0 unspecified atom stereocenters. The molecular weight excluding hydrogens is 432 g/mol. The zero-order valence-corrected chi connectivity index (χ0v) is 19.5. The standard InChI is InChI=1S/C26H28N4O4/c1-18-26(19(2)34-28-18)22-15-20-6-7-25(31)30(17-21-5-3-4-8-27-21)23(20)16-24(22)33-14-11-29-9-12-32-13-10-29/h3-8,15-16H,9-14,17H2,1-2H3. The molecule has 0 bridgehead atoms. The van der Waals surface area contributed by atoms with E-state index in [2.05, 4.69) is 21.1 Å². The van der Waals surface area contributed by atoms with Crippen molar-refractivity contribution in [2.24, 2.45) is 0 Å². The van der Waals surface area contributed by atoms with Crippen LogP contribution in [0.2, 0.25) is 0 Å². The van der Waals surface area contributed by atoms with Gasteiger partial charge in [0.25, 0.3) is 5.56 Å². The Morgan fingerprint density at radius 3 is 2.68 bits per heavy atom. The summed E-state index contributed by atoms with van der Waals surface area (Å²) in [5.41, 5.74) is 4.18. The number of fused-ring (bicyclic) bond motifs is 1. The minimum atomic E-state index is -0.0810. The number of rotatable bonds is 7. The van der Waals surface area contributed by atoms with Crippen LogP contribution in [-0.4, -0.2) is 59.1 Å². The van der Waals surface area contributed by atoms with Gasteiger partial charge in [-0.05, 0) is 43.5 Å². The molecule has 0 atom stereocenters. The third-order valence-electron chi connectivity index (χ3n) is 6.21. The first kappa shape index (κ1) is 22.3. The van der Waals surface area contributed by atoms with Crippen LogP contribution in [0, 0.1) is 13.8 Å². The van der Waals surface area contributed by atoms with Crippen molar-refractivity contribution in [2.75, 3.05) is 39.5 Å². The first-order chi connectivity index (χ1) is 16.6. The number of morpholine rings is 1. The molecule has 1 saturated heterocycles. The predicted molar refractivity (Wildman–Crippen MR) is 129 cm³/mol. The van der Waals surface area contributed by atoms with Gasteiger partial charge in [-0.2, -0.15) is 0 Å². The third kappa shape index (κ3) is 4.60. The first-order valence-electron chi connectivity index (χ1n) is 11.5. The fraction of sp³-hybridized carbons (Fsp3) is 0.346. The summed E-state index contributed by atoms with van der Waals surface area (Å²) in [4.78, 5) is 19.6. The van der Waals surface area contributed by atoms with E-state index in [0.717, 1.165) is 72.0 Å². The van der Waals surface area contributed by atoms with Gasteiger partial charge in [-0.15, -0.1) is 0 Å². The van der Waals surface area contributed by atoms with Gasteiger partial charge in [0.2, 0.25) is 0 Å². The Bertz CT molecular complexity index is 1320. The van der Waals surface area contributed by atoms with Gasteiger partial charge in [0, 0.05) is 43.5 Å². The maximum absolute atomic E-state index is 12.8. The quantitative estimate of drug-likeness (QED) is 0.418. The highest BCUT2D eigenvalue weighted by atomic mass is 16.5. The van der Waals surface area contributed by atoms with E-state index < -0.39 is 0 Å². The molecule has 5 rings (SSSR count). The zero-order chi connectivity index (χ0) is 23.5. The molecule has 8 heteroatoms. The molecule has 0 aliphatic carbocycles. The van der Waals surface area contributed by atoms with Crippen molar-refractivity contribution < 1.29 is 14.0 Å². The average molecular weight is 461 g/mol. The molecule has 1 aliphatic heterocycles. The van der Waals surface area contributed by atoms with E-state index in [-0.39, 0.29) is 5.56 Å². The van der Waals surface area contributed by atoms with Crippen LogP contribution in [0.1, 0.15) is 17.1 Å². The van der Waals surface area contributed by atoms with Crippen LogP contribution in [0.25, 0.3) is 22.0 Å². The molecule has 1 aromatic carbocycles. The molecule has 1 fully saturated rings. The molecule has 0 N–H and O–H groups in total. The molecule has 176 valence electrons. The topological polar surface area (TPSA) is 82.6 Å².